The van der Waals surface area contributed by atoms with E-state index in [1.54, 1.807) is 36.3 Å². The van der Waals surface area contributed by atoms with Crippen molar-refractivity contribution in [2.75, 3.05) is 24.3 Å². The van der Waals surface area contributed by atoms with Crippen molar-refractivity contribution in [3.05, 3.63) is 78.9 Å². The molecule has 1 saturated heterocycles. The summed E-state index contributed by atoms with van der Waals surface area (Å²) in [6, 6.07) is 23.9. The third-order valence-electron chi connectivity index (χ3n) is 5.43. The number of para-hydroxylation sites is 1. The third-order valence-corrected chi connectivity index (χ3v) is 5.43. The molecular weight excluding hydrogens is 390 g/mol. The van der Waals surface area contributed by atoms with E-state index in [4.69, 9.17) is 4.74 Å². The molecule has 3 amide bonds. The average Bonchev–Trinajstić information content (AvgIpc) is 3.31. The second-order valence-electron chi connectivity index (χ2n) is 7.41. The second-order valence-corrected chi connectivity index (χ2v) is 7.41. The number of anilines is 2. The van der Waals surface area contributed by atoms with Gasteiger partial charge in [-0.05, 0) is 48.7 Å². The van der Waals surface area contributed by atoms with E-state index in [0.29, 0.717) is 24.4 Å². The van der Waals surface area contributed by atoms with Crippen LogP contribution in [0.5, 0.6) is 5.75 Å². The molecule has 4 rings (SSSR count). The number of hydrogen-bond donors (Lipinski definition) is 2. The lowest BCUT2D eigenvalue weighted by Crippen LogP contribution is -2.45. The first kappa shape index (κ1) is 20.5. The van der Waals surface area contributed by atoms with Crippen LogP contribution in [0.15, 0.2) is 78.9 Å². The summed E-state index contributed by atoms with van der Waals surface area (Å²) in [5.74, 6) is 0.541. The molecule has 0 saturated carbocycles. The van der Waals surface area contributed by atoms with Crippen LogP contribution in [0.4, 0.5) is 16.2 Å². The normalized spacial score (nSPS) is 15.4. The maximum absolute atomic E-state index is 13.1. The Balaban J connectivity index is 1.47. The molecule has 1 atom stereocenters. The standard InChI is InChI=1S/C25H25N3O3/c1-31-20-15-13-19(14-16-20)26-25(30)28-17-7-12-23(28)24(29)27-22-11-6-5-10-21(22)18-8-3-2-4-9-18/h2-6,8-11,13-16,23H,7,12,17H2,1H3,(H,26,30)(H,27,29). The fraction of sp³-hybridized carbons (Fsp3) is 0.200. The summed E-state index contributed by atoms with van der Waals surface area (Å²) in [6.45, 7) is 0.542. The number of nitrogens with zero attached hydrogens (tertiary/aromatic N) is 1. The van der Waals surface area contributed by atoms with Crippen LogP contribution in [0.3, 0.4) is 0 Å². The van der Waals surface area contributed by atoms with Crippen LogP contribution in [-0.2, 0) is 4.79 Å². The fourth-order valence-electron chi connectivity index (χ4n) is 3.83. The number of carbonyl (C=O) groups excluding carboxylic acids is 2. The molecule has 0 bridgehead atoms. The van der Waals surface area contributed by atoms with E-state index in [1.165, 1.54) is 0 Å². The van der Waals surface area contributed by atoms with Crippen molar-refractivity contribution >= 4 is 23.3 Å². The second kappa shape index (κ2) is 9.34. The van der Waals surface area contributed by atoms with Crippen molar-refractivity contribution in [2.45, 2.75) is 18.9 Å². The summed E-state index contributed by atoms with van der Waals surface area (Å²) in [4.78, 5) is 27.5. The molecular formula is C25H25N3O3. The predicted molar refractivity (Wildman–Crippen MR) is 122 cm³/mol. The largest absolute Gasteiger partial charge is 0.497 e. The zero-order valence-electron chi connectivity index (χ0n) is 17.4. The molecule has 1 fully saturated rings. The summed E-state index contributed by atoms with van der Waals surface area (Å²) in [7, 11) is 1.59. The molecule has 6 nitrogen and oxygen atoms in total. The smallest absolute Gasteiger partial charge is 0.322 e. The van der Waals surface area contributed by atoms with Crippen molar-refractivity contribution in [3.8, 4) is 16.9 Å². The molecule has 0 spiro atoms. The van der Waals surface area contributed by atoms with Crippen LogP contribution in [0.1, 0.15) is 12.8 Å². The third kappa shape index (κ3) is 4.69. The molecule has 1 unspecified atom stereocenters. The van der Waals surface area contributed by atoms with Crippen LogP contribution in [-0.4, -0.2) is 36.5 Å². The van der Waals surface area contributed by atoms with Crippen LogP contribution in [0, 0.1) is 0 Å². The topological polar surface area (TPSA) is 70.7 Å². The number of urea groups is 1. The molecule has 0 radical (unpaired) electrons. The number of amides is 3. The van der Waals surface area contributed by atoms with Crippen molar-refractivity contribution in [2.24, 2.45) is 0 Å². The SMILES string of the molecule is COc1ccc(NC(=O)N2CCCC2C(=O)Nc2ccccc2-c2ccccc2)cc1. The highest BCUT2D eigenvalue weighted by Crippen LogP contribution is 2.29. The monoisotopic (exact) mass is 415 g/mol. The van der Waals surface area contributed by atoms with E-state index in [1.807, 2.05) is 54.6 Å². The highest BCUT2D eigenvalue weighted by molar-refractivity contribution is 6.01. The Morgan fingerprint density at radius 1 is 0.903 bits per heavy atom. The lowest BCUT2D eigenvalue weighted by atomic mass is 10.0. The minimum Gasteiger partial charge on any atom is -0.497 e. The summed E-state index contributed by atoms with van der Waals surface area (Å²) in [5, 5.41) is 5.91. The van der Waals surface area contributed by atoms with Gasteiger partial charge in [-0.3, -0.25) is 4.79 Å². The van der Waals surface area contributed by atoms with Gasteiger partial charge in [0.25, 0.3) is 0 Å². The van der Waals surface area contributed by atoms with Gasteiger partial charge in [0, 0.05) is 23.5 Å². The lowest BCUT2D eigenvalue weighted by molar-refractivity contribution is -0.119. The Bertz CT molecular complexity index is 1050. The van der Waals surface area contributed by atoms with Gasteiger partial charge in [0.05, 0.1) is 7.11 Å². The summed E-state index contributed by atoms with van der Waals surface area (Å²) in [6.07, 6.45) is 1.42. The van der Waals surface area contributed by atoms with Gasteiger partial charge < -0.3 is 20.3 Å². The Kier molecular flexibility index (Phi) is 6.17. The van der Waals surface area contributed by atoms with Gasteiger partial charge in [-0.1, -0.05) is 48.5 Å². The summed E-state index contributed by atoms with van der Waals surface area (Å²) < 4.78 is 5.14. The zero-order chi connectivity index (χ0) is 21.6. The molecule has 3 aromatic rings. The molecule has 3 aromatic carbocycles. The van der Waals surface area contributed by atoms with Crippen LogP contribution < -0.4 is 15.4 Å². The van der Waals surface area contributed by atoms with Gasteiger partial charge in [0.15, 0.2) is 0 Å². The van der Waals surface area contributed by atoms with E-state index in [2.05, 4.69) is 10.6 Å². The summed E-state index contributed by atoms with van der Waals surface area (Å²) >= 11 is 0. The molecule has 158 valence electrons. The van der Waals surface area contributed by atoms with Crippen molar-refractivity contribution in [3.63, 3.8) is 0 Å². The van der Waals surface area contributed by atoms with E-state index in [9.17, 15) is 9.59 Å². The number of benzene rings is 3. The van der Waals surface area contributed by atoms with Gasteiger partial charge in [0.1, 0.15) is 11.8 Å². The average molecular weight is 415 g/mol. The van der Waals surface area contributed by atoms with E-state index in [0.717, 1.165) is 23.2 Å². The Labute approximate surface area is 181 Å². The zero-order valence-corrected chi connectivity index (χ0v) is 17.4. The fourth-order valence-corrected chi connectivity index (χ4v) is 3.83. The summed E-state index contributed by atoms with van der Waals surface area (Å²) in [5.41, 5.74) is 3.37. The molecule has 0 aliphatic carbocycles. The number of hydrogen-bond acceptors (Lipinski definition) is 3. The van der Waals surface area contributed by atoms with Crippen molar-refractivity contribution < 1.29 is 14.3 Å². The molecule has 1 aliphatic rings. The minimum atomic E-state index is -0.512. The van der Waals surface area contributed by atoms with Crippen molar-refractivity contribution in [1.82, 2.24) is 4.90 Å². The molecule has 2 N–H and O–H groups in total. The number of carbonyl (C=O) groups is 2. The van der Waals surface area contributed by atoms with E-state index >= 15 is 0 Å². The first-order chi connectivity index (χ1) is 15.2. The first-order valence-corrected chi connectivity index (χ1v) is 10.3. The highest BCUT2D eigenvalue weighted by Gasteiger charge is 2.34. The van der Waals surface area contributed by atoms with Crippen LogP contribution in [0.2, 0.25) is 0 Å². The van der Waals surface area contributed by atoms with Gasteiger partial charge in [-0.15, -0.1) is 0 Å². The molecule has 1 heterocycles. The first-order valence-electron chi connectivity index (χ1n) is 10.3. The van der Waals surface area contributed by atoms with Gasteiger partial charge in [0.2, 0.25) is 5.91 Å². The Morgan fingerprint density at radius 3 is 2.35 bits per heavy atom. The predicted octanol–water partition coefficient (Wildman–Crippen LogP) is 5.00. The molecule has 31 heavy (non-hydrogen) atoms. The van der Waals surface area contributed by atoms with Crippen LogP contribution >= 0.6 is 0 Å². The minimum absolute atomic E-state index is 0.175. The number of rotatable bonds is 5. The quantitative estimate of drug-likeness (QED) is 0.616. The Hall–Kier alpha value is -3.80. The highest BCUT2D eigenvalue weighted by atomic mass is 16.5. The number of nitrogens with one attached hydrogen (secondary N) is 2. The maximum Gasteiger partial charge on any atom is 0.322 e. The maximum atomic E-state index is 13.1. The molecule has 0 aromatic heterocycles. The van der Waals surface area contributed by atoms with Gasteiger partial charge in [-0.25, -0.2) is 4.79 Å². The lowest BCUT2D eigenvalue weighted by Gasteiger charge is -2.25. The number of likely N-dealkylation sites (tertiary alicyclic amines) is 1. The van der Waals surface area contributed by atoms with E-state index in [-0.39, 0.29) is 11.9 Å². The van der Waals surface area contributed by atoms with Crippen molar-refractivity contribution in [1.29, 1.82) is 0 Å². The van der Waals surface area contributed by atoms with Gasteiger partial charge >= 0.3 is 6.03 Å². The number of methoxy groups -OCH3 is 1. The van der Waals surface area contributed by atoms with Gasteiger partial charge in [-0.2, -0.15) is 0 Å². The molecule has 6 heteroatoms. The number of ether oxygens (including phenoxy) is 1. The van der Waals surface area contributed by atoms with Crippen LogP contribution in [0.25, 0.3) is 11.1 Å². The Morgan fingerprint density at radius 2 is 1.61 bits per heavy atom. The molecule has 1 aliphatic heterocycles. The van der Waals surface area contributed by atoms with E-state index < -0.39 is 6.04 Å².